The van der Waals surface area contributed by atoms with E-state index in [2.05, 4.69) is 35.0 Å². The Morgan fingerprint density at radius 1 is 1.60 bits per heavy atom. The molecule has 0 atom stereocenters. The number of nitriles is 1. The Labute approximate surface area is 121 Å². The van der Waals surface area contributed by atoms with Gasteiger partial charge in [0.15, 0.2) is 0 Å². The fraction of sp³-hybridized carbons (Fsp3) is 0.214. The fourth-order valence-electron chi connectivity index (χ4n) is 2.02. The molecule has 2 heterocycles. The smallest absolute Gasteiger partial charge is 0.274 e. The summed E-state index contributed by atoms with van der Waals surface area (Å²) in [7, 11) is 0. The van der Waals surface area contributed by atoms with Crippen molar-refractivity contribution in [2.75, 3.05) is 11.9 Å². The lowest BCUT2D eigenvalue weighted by Gasteiger charge is -2.11. The first kappa shape index (κ1) is 14.2. The van der Waals surface area contributed by atoms with E-state index in [1.165, 1.54) is 23.5 Å². The molecule has 0 aliphatic carbocycles. The molecule has 1 aliphatic heterocycles. The number of nitrogens with one attached hydrogen (secondary N) is 2. The van der Waals surface area contributed by atoms with Crippen LogP contribution >= 0.6 is 11.3 Å². The summed E-state index contributed by atoms with van der Waals surface area (Å²) in [5, 5.41) is 15.8. The SMILES string of the molecule is C=C/C=C(\N=C)C(=O)Nc1sc2c(c1C#N)CCNC2. The molecule has 1 aromatic rings. The molecule has 0 aromatic carbocycles. The van der Waals surface area contributed by atoms with Crippen LogP contribution in [-0.4, -0.2) is 19.2 Å². The van der Waals surface area contributed by atoms with Gasteiger partial charge >= 0.3 is 0 Å². The minimum atomic E-state index is -0.386. The van der Waals surface area contributed by atoms with Gasteiger partial charge in [0.2, 0.25) is 0 Å². The van der Waals surface area contributed by atoms with Crippen LogP contribution in [0.2, 0.25) is 0 Å². The molecular weight excluding hydrogens is 272 g/mol. The molecule has 0 spiro atoms. The lowest BCUT2D eigenvalue weighted by atomic mass is 10.1. The molecule has 0 fully saturated rings. The summed E-state index contributed by atoms with van der Waals surface area (Å²) in [4.78, 5) is 16.8. The van der Waals surface area contributed by atoms with E-state index in [0.29, 0.717) is 10.6 Å². The standard InChI is InChI=1S/C14H14N4OS/c1-3-4-11(16-2)13(19)18-14-10(7-15)9-5-6-17-8-12(9)20-14/h3-4,17H,1-2,5-6,8H2,(H,18,19)/b11-4-. The Hall–Kier alpha value is -2.23. The van der Waals surface area contributed by atoms with E-state index in [1.807, 2.05) is 0 Å². The van der Waals surface area contributed by atoms with Crippen molar-refractivity contribution >= 4 is 29.0 Å². The van der Waals surface area contributed by atoms with Gasteiger partial charge in [-0.25, -0.2) is 0 Å². The van der Waals surface area contributed by atoms with Gasteiger partial charge in [0.1, 0.15) is 16.8 Å². The maximum Gasteiger partial charge on any atom is 0.274 e. The van der Waals surface area contributed by atoms with Crippen LogP contribution in [0.3, 0.4) is 0 Å². The minimum absolute atomic E-state index is 0.174. The zero-order valence-electron chi connectivity index (χ0n) is 10.9. The minimum Gasteiger partial charge on any atom is -0.312 e. The van der Waals surface area contributed by atoms with Gasteiger partial charge in [0.05, 0.1) is 5.56 Å². The fourth-order valence-corrected chi connectivity index (χ4v) is 3.18. The maximum atomic E-state index is 12.0. The third kappa shape index (κ3) is 2.69. The molecule has 20 heavy (non-hydrogen) atoms. The average molecular weight is 286 g/mol. The normalized spacial score (nSPS) is 14.1. The first-order valence-corrected chi connectivity index (χ1v) is 6.89. The van der Waals surface area contributed by atoms with E-state index in [0.717, 1.165) is 30.0 Å². The van der Waals surface area contributed by atoms with Crippen molar-refractivity contribution in [2.24, 2.45) is 4.99 Å². The number of rotatable bonds is 4. The van der Waals surface area contributed by atoms with Crippen molar-refractivity contribution in [2.45, 2.75) is 13.0 Å². The van der Waals surface area contributed by atoms with Crippen LogP contribution in [0, 0.1) is 11.3 Å². The summed E-state index contributed by atoms with van der Waals surface area (Å²) < 4.78 is 0. The highest BCUT2D eigenvalue weighted by atomic mass is 32.1. The number of carbonyl (C=O) groups excluding carboxylic acids is 1. The third-order valence-corrected chi connectivity index (χ3v) is 4.09. The van der Waals surface area contributed by atoms with Crippen LogP contribution in [-0.2, 0) is 17.8 Å². The van der Waals surface area contributed by atoms with E-state index in [-0.39, 0.29) is 11.6 Å². The van der Waals surface area contributed by atoms with E-state index in [9.17, 15) is 10.1 Å². The number of fused-ring (bicyclic) bond motifs is 1. The molecule has 0 saturated heterocycles. The van der Waals surface area contributed by atoms with Crippen molar-refractivity contribution in [1.82, 2.24) is 5.32 Å². The van der Waals surface area contributed by atoms with Gasteiger partial charge in [-0.1, -0.05) is 12.7 Å². The summed E-state index contributed by atoms with van der Waals surface area (Å²) >= 11 is 1.43. The van der Waals surface area contributed by atoms with Crippen molar-refractivity contribution in [3.05, 3.63) is 40.4 Å². The van der Waals surface area contributed by atoms with Crippen LogP contribution < -0.4 is 10.6 Å². The second-order valence-electron chi connectivity index (χ2n) is 4.15. The molecule has 0 bridgehead atoms. The molecule has 0 radical (unpaired) electrons. The second-order valence-corrected chi connectivity index (χ2v) is 5.25. The molecular formula is C14H14N4OS. The summed E-state index contributed by atoms with van der Waals surface area (Å²) in [5.41, 5.74) is 1.77. The second kappa shape index (κ2) is 6.28. The zero-order chi connectivity index (χ0) is 14.5. The van der Waals surface area contributed by atoms with E-state index < -0.39 is 0 Å². The molecule has 1 amide bonds. The highest BCUT2D eigenvalue weighted by Crippen LogP contribution is 2.34. The van der Waals surface area contributed by atoms with Gasteiger partial charge in [0, 0.05) is 11.4 Å². The van der Waals surface area contributed by atoms with E-state index in [1.54, 1.807) is 0 Å². The van der Waals surface area contributed by atoms with E-state index in [4.69, 9.17) is 0 Å². The van der Waals surface area contributed by atoms with Crippen LogP contribution in [0.5, 0.6) is 0 Å². The lowest BCUT2D eigenvalue weighted by Crippen LogP contribution is -2.22. The number of anilines is 1. The number of allylic oxidation sites excluding steroid dienone is 2. The molecule has 102 valence electrons. The summed E-state index contributed by atoms with van der Waals surface area (Å²) in [5.74, 6) is -0.386. The molecule has 1 aromatic heterocycles. The number of hydrogen-bond acceptors (Lipinski definition) is 5. The van der Waals surface area contributed by atoms with Crippen molar-refractivity contribution in [3.63, 3.8) is 0 Å². The Kier molecular flexibility index (Phi) is 4.45. The molecule has 1 aliphatic rings. The van der Waals surface area contributed by atoms with Gasteiger partial charge in [-0.15, -0.1) is 11.3 Å². The number of aliphatic imine (C=N–C) groups is 1. The topological polar surface area (TPSA) is 77.3 Å². The predicted molar refractivity (Wildman–Crippen MR) is 80.9 cm³/mol. The van der Waals surface area contributed by atoms with Crippen molar-refractivity contribution < 1.29 is 4.79 Å². The Bertz CT molecular complexity index is 636. The quantitative estimate of drug-likeness (QED) is 0.505. The summed E-state index contributed by atoms with van der Waals surface area (Å²) in [6.07, 6.45) is 3.75. The lowest BCUT2D eigenvalue weighted by molar-refractivity contribution is -0.112. The molecule has 0 saturated carbocycles. The van der Waals surface area contributed by atoms with Gasteiger partial charge in [-0.3, -0.25) is 9.79 Å². The van der Waals surface area contributed by atoms with Crippen LogP contribution in [0.1, 0.15) is 16.0 Å². The van der Waals surface area contributed by atoms with Crippen LogP contribution in [0.4, 0.5) is 5.00 Å². The number of carbonyl (C=O) groups is 1. The van der Waals surface area contributed by atoms with Gasteiger partial charge in [-0.2, -0.15) is 5.26 Å². The largest absolute Gasteiger partial charge is 0.312 e. The average Bonchev–Trinajstić information content (AvgIpc) is 2.81. The predicted octanol–water partition coefficient (Wildman–Crippen LogP) is 1.97. The van der Waals surface area contributed by atoms with Gasteiger partial charge in [-0.05, 0) is 31.3 Å². The number of hydrogen-bond donors (Lipinski definition) is 2. The molecule has 2 rings (SSSR count). The number of thiophene rings is 1. The highest BCUT2D eigenvalue weighted by molar-refractivity contribution is 7.16. The third-order valence-electron chi connectivity index (χ3n) is 2.95. The van der Waals surface area contributed by atoms with Gasteiger partial charge < -0.3 is 10.6 Å². The first-order valence-electron chi connectivity index (χ1n) is 6.07. The Balaban J connectivity index is 2.30. The zero-order valence-corrected chi connectivity index (χ0v) is 11.7. The van der Waals surface area contributed by atoms with Crippen LogP contribution in [0.25, 0.3) is 0 Å². The molecule has 6 heteroatoms. The van der Waals surface area contributed by atoms with E-state index >= 15 is 0 Å². The molecule has 2 N–H and O–H groups in total. The van der Waals surface area contributed by atoms with Gasteiger partial charge in [0.25, 0.3) is 5.91 Å². The Morgan fingerprint density at radius 2 is 2.40 bits per heavy atom. The van der Waals surface area contributed by atoms with Crippen molar-refractivity contribution in [3.8, 4) is 6.07 Å². The first-order chi connectivity index (χ1) is 9.71. The summed E-state index contributed by atoms with van der Waals surface area (Å²) in [6, 6.07) is 2.18. The molecule has 5 nitrogen and oxygen atoms in total. The summed E-state index contributed by atoms with van der Waals surface area (Å²) in [6.45, 7) is 8.46. The monoisotopic (exact) mass is 286 g/mol. The van der Waals surface area contributed by atoms with Crippen molar-refractivity contribution in [1.29, 1.82) is 5.26 Å². The number of nitrogens with zero attached hydrogens (tertiary/aromatic N) is 2. The maximum absolute atomic E-state index is 12.0. The Morgan fingerprint density at radius 3 is 3.05 bits per heavy atom. The number of amides is 1. The van der Waals surface area contributed by atoms with Crippen LogP contribution in [0.15, 0.2) is 29.4 Å². The molecule has 0 unspecified atom stereocenters. The highest BCUT2D eigenvalue weighted by Gasteiger charge is 2.22.